The van der Waals surface area contributed by atoms with Crippen LogP contribution in [0.15, 0.2) is 0 Å². The number of carbonyl (C=O) groups excluding carboxylic acids is 1. The van der Waals surface area contributed by atoms with Gasteiger partial charge in [0, 0.05) is 25.0 Å². The Morgan fingerprint density at radius 1 is 1.16 bits per heavy atom. The van der Waals surface area contributed by atoms with E-state index in [1.807, 2.05) is 20.8 Å². The summed E-state index contributed by atoms with van der Waals surface area (Å²) in [4.78, 5) is 13.6. The zero-order chi connectivity index (χ0) is 14.0. The van der Waals surface area contributed by atoms with Crippen molar-refractivity contribution in [1.29, 1.82) is 0 Å². The van der Waals surface area contributed by atoms with Crippen molar-refractivity contribution < 1.29 is 9.53 Å². The number of nitrogens with zero attached hydrogens (tertiary/aromatic N) is 1. The minimum atomic E-state index is -0.409. The molecule has 1 amide bonds. The van der Waals surface area contributed by atoms with Gasteiger partial charge in [0.15, 0.2) is 0 Å². The third kappa shape index (κ3) is 3.85. The molecule has 4 nitrogen and oxygen atoms in total. The summed E-state index contributed by atoms with van der Waals surface area (Å²) in [5.41, 5.74) is 5.96. The highest BCUT2D eigenvalue weighted by Gasteiger charge is 2.39. The number of likely N-dealkylation sites (tertiary alicyclic amines) is 1. The maximum atomic E-state index is 11.8. The maximum absolute atomic E-state index is 11.8. The Kier molecular flexibility index (Phi) is 4.39. The van der Waals surface area contributed by atoms with Gasteiger partial charge in [-0.05, 0) is 39.5 Å². The van der Waals surface area contributed by atoms with E-state index in [0.717, 1.165) is 13.1 Å². The van der Waals surface area contributed by atoms with Crippen LogP contribution in [0.2, 0.25) is 0 Å². The number of rotatable bonds is 2. The van der Waals surface area contributed by atoms with E-state index < -0.39 is 5.60 Å². The van der Waals surface area contributed by atoms with Gasteiger partial charge >= 0.3 is 6.09 Å². The minimum absolute atomic E-state index is 0.195. The molecular formula is C15H28N2O2. The fourth-order valence-electron chi connectivity index (χ4n) is 3.14. The molecule has 2 N–H and O–H groups in total. The van der Waals surface area contributed by atoms with Gasteiger partial charge in [-0.25, -0.2) is 4.79 Å². The minimum Gasteiger partial charge on any atom is -0.444 e. The van der Waals surface area contributed by atoms with E-state index >= 15 is 0 Å². The van der Waals surface area contributed by atoms with Gasteiger partial charge in [0.1, 0.15) is 5.60 Å². The second kappa shape index (κ2) is 5.70. The van der Waals surface area contributed by atoms with Gasteiger partial charge in [-0.15, -0.1) is 0 Å². The quantitative estimate of drug-likeness (QED) is 0.838. The Labute approximate surface area is 116 Å². The molecule has 1 atom stereocenters. The van der Waals surface area contributed by atoms with Crippen molar-refractivity contribution >= 4 is 6.09 Å². The molecule has 2 aliphatic rings. The van der Waals surface area contributed by atoms with E-state index in [-0.39, 0.29) is 12.1 Å². The number of amides is 1. The van der Waals surface area contributed by atoms with E-state index in [4.69, 9.17) is 10.5 Å². The van der Waals surface area contributed by atoms with Gasteiger partial charge in [0.2, 0.25) is 0 Å². The van der Waals surface area contributed by atoms with Crippen molar-refractivity contribution in [2.45, 2.75) is 64.5 Å². The van der Waals surface area contributed by atoms with Gasteiger partial charge in [-0.1, -0.05) is 19.3 Å². The lowest BCUT2D eigenvalue weighted by atomic mass is 9.77. The molecule has 110 valence electrons. The number of nitrogens with two attached hydrogens (primary N) is 1. The second-order valence-electron chi connectivity index (χ2n) is 7.12. The van der Waals surface area contributed by atoms with Crippen LogP contribution in [0.5, 0.6) is 0 Å². The van der Waals surface area contributed by atoms with Crippen molar-refractivity contribution in [3.8, 4) is 0 Å². The standard InChI is InChI=1S/C15H28N2O2/c1-15(2,3)19-14(18)17-9-12(10-17)13(16)11-7-5-4-6-8-11/h11-13H,4-10,16H2,1-3H3. The van der Waals surface area contributed by atoms with Crippen LogP contribution in [-0.4, -0.2) is 35.7 Å². The van der Waals surface area contributed by atoms with Crippen molar-refractivity contribution in [3.05, 3.63) is 0 Å². The Morgan fingerprint density at radius 3 is 2.26 bits per heavy atom. The van der Waals surface area contributed by atoms with E-state index in [9.17, 15) is 4.79 Å². The van der Waals surface area contributed by atoms with Gasteiger partial charge in [0.05, 0.1) is 0 Å². The summed E-state index contributed by atoms with van der Waals surface area (Å²) in [6.07, 6.45) is 6.34. The first kappa shape index (κ1) is 14.6. The summed E-state index contributed by atoms with van der Waals surface area (Å²) in [5.74, 6) is 1.13. The largest absolute Gasteiger partial charge is 0.444 e. The average molecular weight is 268 g/mol. The second-order valence-corrected chi connectivity index (χ2v) is 7.12. The number of ether oxygens (including phenoxy) is 1. The number of hydrogen-bond donors (Lipinski definition) is 1. The molecule has 4 heteroatoms. The maximum Gasteiger partial charge on any atom is 0.410 e. The molecule has 1 unspecified atom stereocenters. The molecule has 1 saturated carbocycles. The van der Waals surface area contributed by atoms with Crippen LogP contribution in [0.3, 0.4) is 0 Å². The average Bonchev–Trinajstić information content (AvgIpc) is 2.25. The van der Waals surface area contributed by atoms with Gasteiger partial charge in [-0.3, -0.25) is 0 Å². The van der Waals surface area contributed by atoms with Crippen LogP contribution in [0.1, 0.15) is 52.9 Å². The van der Waals surface area contributed by atoms with E-state index in [0.29, 0.717) is 11.8 Å². The monoisotopic (exact) mass is 268 g/mol. The predicted molar refractivity (Wildman–Crippen MR) is 75.8 cm³/mol. The molecule has 2 fully saturated rings. The Bertz CT molecular complexity index is 313. The molecule has 0 spiro atoms. The Balaban J connectivity index is 1.74. The molecule has 1 saturated heterocycles. The molecule has 0 aromatic rings. The number of hydrogen-bond acceptors (Lipinski definition) is 3. The third-order valence-electron chi connectivity index (χ3n) is 4.30. The van der Waals surface area contributed by atoms with E-state index in [2.05, 4.69) is 0 Å². The highest BCUT2D eigenvalue weighted by Crippen LogP contribution is 2.32. The third-order valence-corrected chi connectivity index (χ3v) is 4.30. The lowest BCUT2D eigenvalue weighted by molar-refractivity contribution is -0.00920. The lowest BCUT2D eigenvalue weighted by Gasteiger charge is -2.45. The Hall–Kier alpha value is -0.770. The summed E-state index contributed by atoms with van der Waals surface area (Å²) >= 11 is 0. The zero-order valence-corrected chi connectivity index (χ0v) is 12.5. The first-order valence-electron chi connectivity index (χ1n) is 7.60. The van der Waals surface area contributed by atoms with Gasteiger partial charge in [0.25, 0.3) is 0 Å². The van der Waals surface area contributed by atoms with Crippen LogP contribution in [0.25, 0.3) is 0 Å². The fraction of sp³-hybridized carbons (Fsp3) is 0.933. The van der Waals surface area contributed by atoms with Crippen molar-refractivity contribution in [3.63, 3.8) is 0 Å². The SMILES string of the molecule is CC(C)(C)OC(=O)N1CC(C(N)C2CCCCC2)C1. The molecule has 1 aliphatic heterocycles. The summed E-state index contributed by atoms with van der Waals surface area (Å²) < 4.78 is 5.36. The molecule has 0 bridgehead atoms. The molecule has 0 radical (unpaired) electrons. The fourth-order valence-corrected chi connectivity index (χ4v) is 3.14. The molecule has 1 heterocycles. The van der Waals surface area contributed by atoms with Crippen LogP contribution in [0, 0.1) is 11.8 Å². The van der Waals surface area contributed by atoms with E-state index in [1.165, 1.54) is 32.1 Å². The summed E-state index contributed by atoms with van der Waals surface area (Å²) in [6.45, 7) is 7.24. The molecule has 0 aromatic heterocycles. The molecule has 0 aromatic carbocycles. The van der Waals surface area contributed by atoms with Crippen LogP contribution < -0.4 is 5.73 Å². The molecule has 2 rings (SSSR count). The van der Waals surface area contributed by atoms with Crippen LogP contribution in [0.4, 0.5) is 4.79 Å². The highest BCUT2D eigenvalue weighted by molar-refractivity contribution is 5.69. The first-order chi connectivity index (χ1) is 8.87. The number of carbonyl (C=O) groups is 1. The molecular weight excluding hydrogens is 240 g/mol. The lowest BCUT2D eigenvalue weighted by Crippen LogP contribution is -2.59. The molecule has 1 aliphatic carbocycles. The zero-order valence-electron chi connectivity index (χ0n) is 12.5. The highest BCUT2D eigenvalue weighted by atomic mass is 16.6. The van der Waals surface area contributed by atoms with Gasteiger partial charge in [-0.2, -0.15) is 0 Å². The smallest absolute Gasteiger partial charge is 0.410 e. The topological polar surface area (TPSA) is 55.6 Å². The normalized spacial score (nSPS) is 23.9. The Morgan fingerprint density at radius 2 is 1.74 bits per heavy atom. The van der Waals surface area contributed by atoms with Crippen LogP contribution >= 0.6 is 0 Å². The predicted octanol–water partition coefficient (Wildman–Crippen LogP) is 2.76. The first-order valence-corrected chi connectivity index (χ1v) is 7.60. The van der Waals surface area contributed by atoms with Crippen molar-refractivity contribution in [2.24, 2.45) is 17.6 Å². The van der Waals surface area contributed by atoms with Crippen molar-refractivity contribution in [1.82, 2.24) is 4.90 Å². The molecule has 19 heavy (non-hydrogen) atoms. The van der Waals surface area contributed by atoms with Gasteiger partial charge < -0.3 is 15.4 Å². The van der Waals surface area contributed by atoms with Crippen LogP contribution in [-0.2, 0) is 4.74 Å². The van der Waals surface area contributed by atoms with E-state index in [1.54, 1.807) is 4.90 Å². The summed E-state index contributed by atoms with van der Waals surface area (Å²) in [6, 6.07) is 0.263. The summed E-state index contributed by atoms with van der Waals surface area (Å²) in [7, 11) is 0. The summed E-state index contributed by atoms with van der Waals surface area (Å²) in [5, 5.41) is 0. The van der Waals surface area contributed by atoms with Crippen molar-refractivity contribution in [2.75, 3.05) is 13.1 Å².